The SMILES string of the molecule is CC(C)(C)C1CCCCC1.CC(C)(C)C1CCCCC1.O.O=C(O)O.O=C(O)O.[H-].[K+]. The minimum absolute atomic E-state index is 0. The molecule has 2 aliphatic carbocycles. The molecule has 30 heavy (non-hydrogen) atoms. The van der Waals surface area contributed by atoms with Gasteiger partial charge in [-0.05, 0) is 48.3 Å². The van der Waals surface area contributed by atoms with Gasteiger partial charge in [-0.3, -0.25) is 0 Å². The van der Waals surface area contributed by atoms with Crippen molar-refractivity contribution >= 4 is 12.3 Å². The monoisotopic (exact) mass is 462 g/mol. The summed E-state index contributed by atoms with van der Waals surface area (Å²) in [5.41, 5.74) is 1.14. The molecule has 0 aromatic carbocycles. The predicted octanol–water partition coefficient (Wildman–Crippen LogP) is 3.96. The van der Waals surface area contributed by atoms with E-state index in [9.17, 15) is 0 Å². The van der Waals surface area contributed by atoms with Crippen LogP contribution in [0.4, 0.5) is 9.59 Å². The molecule has 178 valence electrons. The van der Waals surface area contributed by atoms with Gasteiger partial charge in [-0.1, -0.05) is 80.1 Å². The van der Waals surface area contributed by atoms with Gasteiger partial charge in [0.1, 0.15) is 0 Å². The largest absolute Gasteiger partial charge is 1.00 e. The summed E-state index contributed by atoms with van der Waals surface area (Å²) in [6.07, 6.45) is 11.1. The summed E-state index contributed by atoms with van der Waals surface area (Å²) in [6, 6.07) is 0. The molecule has 2 fully saturated rings. The molecule has 0 aliphatic heterocycles. The van der Waals surface area contributed by atoms with Gasteiger partial charge in [0.15, 0.2) is 0 Å². The summed E-state index contributed by atoms with van der Waals surface area (Å²) in [4.78, 5) is 17.1. The molecule has 0 radical (unpaired) electrons. The first kappa shape index (κ1) is 37.5. The molecule has 8 heteroatoms. The predicted molar refractivity (Wildman–Crippen MR) is 118 cm³/mol. The van der Waals surface area contributed by atoms with Crippen LogP contribution in [0.1, 0.15) is 107 Å². The van der Waals surface area contributed by atoms with Crippen LogP contribution in [0.3, 0.4) is 0 Å². The molecule has 0 saturated heterocycles. The van der Waals surface area contributed by atoms with Crippen LogP contribution in [0, 0.1) is 22.7 Å². The van der Waals surface area contributed by atoms with Crippen molar-refractivity contribution in [2.45, 2.75) is 106 Å². The third-order valence-corrected chi connectivity index (χ3v) is 5.66. The third kappa shape index (κ3) is 26.2. The van der Waals surface area contributed by atoms with Crippen molar-refractivity contribution in [2.24, 2.45) is 22.7 Å². The van der Waals surface area contributed by atoms with Gasteiger partial charge in [0, 0.05) is 0 Å². The van der Waals surface area contributed by atoms with Crippen LogP contribution in [0.25, 0.3) is 0 Å². The van der Waals surface area contributed by atoms with E-state index >= 15 is 0 Å². The van der Waals surface area contributed by atoms with E-state index in [1.54, 1.807) is 0 Å². The topological polar surface area (TPSA) is 147 Å². The molecule has 0 atom stereocenters. The Hall–Kier alpha value is 0.136. The van der Waals surface area contributed by atoms with Crippen LogP contribution in [-0.2, 0) is 0 Å². The Morgan fingerprint density at radius 3 is 0.867 bits per heavy atom. The van der Waals surface area contributed by atoms with Gasteiger partial charge in [-0.25, -0.2) is 9.59 Å². The zero-order valence-electron chi connectivity index (χ0n) is 21.3. The van der Waals surface area contributed by atoms with Crippen LogP contribution in [0.15, 0.2) is 0 Å². The van der Waals surface area contributed by atoms with Crippen molar-refractivity contribution in [1.29, 1.82) is 0 Å². The Morgan fingerprint density at radius 1 is 0.600 bits per heavy atom. The zero-order chi connectivity index (χ0) is 22.4. The second-order valence-electron chi connectivity index (χ2n) is 9.97. The average Bonchev–Trinajstić information content (AvgIpc) is 2.54. The van der Waals surface area contributed by atoms with Crippen LogP contribution in [0.5, 0.6) is 0 Å². The molecular weight excluding hydrogens is 415 g/mol. The number of hydrogen-bond donors (Lipinski definition) is 4. The smallest absolute Gasteiger partial charge is 1.00 e. The summed E-state index contributed by atoms with van der Waals surface area (Å²) in [5, 5.41) is 27.9. The van der Waals surface area contributed by atoms with Gasteiger partial charge in [0.2, 0.25) is 0 Å². The average molecular weight is 463 g/mol. The van der Waals surface area contributed by atoms with E-state index < -0.39 is 12.3 Å². The quantitative estimate of drug-likeness (QED) is 0.401. The molecule has 2 saturated carbocycles. The normalized spacial score (nSPS) is 17.0. The molecule has 2 rings (SSSR count). The van der Waals surface area contributed by atoms with Gasteiger partial charge in [-0.15, -0.1) is 0 Å². The van der Waals surface area contributed by atoms with Crippen molar-refractivity contribution < 1.29 is 88.3 Å². The molecule has 0 aromatic rings. The van der Waals surface area contributed by atoms with E-state index in [4.69, 9.17) is 30.0 Å². The van der Waals surface area contributed by atoms with Crippen molar-refractivity contribution in [2.75, 3.05) is 0 Å². The standard InChI is InChI=1S/2C10H20.2CH2O3.K.H2O.H/c2*1-10(2,3)9-7-5-4-6-8-9;2*2-1(3)4;;;/h2*9H,4-8H2,1-3H3;2*(H2,2,3,4);;1H2;/q;;;;+1;;-1. The minimum atomic E-state index is -1.83. The molecule has 0 bridgehead atoms. The number of rotatable bonds is 0. The first-order valence-corrected chi connectivity index (χ1v) is 10.5. The summed E-state index contributed by atoms with van der Waals surface area (Å²) in [6.45, 7) is 14.3. The van der Waals surface area contributed by atoms with Gasteiger partial charge in [0.25, 0.3) is 0 Å². The maximum absolute atomic E-state index is 8.56. The Bertz CT molecular complexity index is 375. The number of carbonyl (C=O) groups is 2. The Labute approximate surface area is 227 Å². The summed E-state index contributed by atoms with van der Waals surface area (Å²) in [5.74, 6) is 2.00. The van der Waals surface area contributed by atoms with Crippen LogP contribution < -0.4 is 51.4 Å². The maximum Gasteiger partial charge on any atom is 1.00 e. The number of hydrogen-bond acceptors (Lipinski definition) is 2. The minimum Gasteiger partial charge on any atom is -1.00 e. The molecule has 0 unspecified atom stereocenters. The van der Waals surface area contributed by atoms with E-state index in [1.807, 2.05) is 0 Å². The van der Waals surface area contributed by atoms with Gasteiger partial charge in [0.05, 0.1) is 0 Å². The molecular formula is C22H47KO7. The van der Waals surface area contributed by atoms with Crippen LogP contribution in [0.2, 0.25) is 0 Å². The van der Waals surface area contributed by atoms with Crippen molar-refractivity contribution in [3.63, 3.8) is 0 Å². The maximum atomic E-state index is 8.56. The van der Waals surface area contributed by atoms with Gasteiger partial charge in [-0.2, -0.15) is 0 Å². The summed E-state index contributed by atoms with van der Waals surface area (Å²) < 4.78 is 0. The molecule has 0 aromatic heterocycles. The van der Waals surface area contributed by atoms with E-state index in [0.29, 0.717) is 10.8 Å². The van der Waals surface area contributed by atoms with Gasteiger partial charge < -0.3 is 27.3 Å². The van der Waals surface area contributed by atoms with Crippen LogP contribution in [-0.4, -0.2) is 38.2 Å². The number of carboxylic acid groups (broad SMARTS) is 4. The zero-order valence-corrected chi connectivity index (χ0v) is 23.5. The second kappa shape index (κ2) is 19.8. The fourth-order valence-electron chi connectivity index (χ4n) is 3.94. The fourth-order valence-corrected chi connectivity index (χ4v) is 3.94. The van der Waals surface area contributed by atoms with E-state index in [-0.39, 0.29) is 58.3 Å². The summed E-state index contributed by atoms with van der Waals surface area (Å²) in [7, 11) is 0. The van der Waals surface area contributed by atoms with E-state index in [1.165, 1.54) is 64.2 Å². The molecule has 6 N–H and O–H groups in total. The fraction of sp³-hybridized carbons (Fsp3) is 0.909. The molecule has 0 amide bonds. The molecule has 2 aliphatic rings. The first-order valence-electron chi connectivity index (χ1n) is 10.5. The Kier molecular flexibility index (Phi) is 24.7. The molecule has 0 heterocycles. The Balaban J connectivity index is -0.000000102. The molecule has 7 nitrogen and oxygen atoms in total. The van der Waals surface area contributed by atoms with Gasteiger partial charge >= 0.3 is 63.7 Å². The van der Waals surface area contributed by atoms with E-state index in [0.717, 1.165) is 11.8 Å². The Morgan fingerprint density at radius 2 is 0.767 bits per heavy atom. The van der Waals surface area contributed by atoms with Crippen molar-refractivity contribution in [3.8, 4) is 0 Å². The van der Waals surface area contributed by atoms with E-state index in [2.05, 4.69) is 41.5 Å². The first-order chi connectivity index (χ1) is 12.7. The summed E-state index contributed by atoms with van der Waals surface area (Å²) >= 11 is 0. The van der Waals surface area contributed by atoms with Crippen molar-refractivity contribution in [1.82, 2.24) is 0 Å². The van der Waals surface area contributed by atoms with Crippen LogP contribution >= 0.6 is 0 Å². The van der Waals surface area contributed by atoms with Crippen molar-refractivity contribution in [3.05, 3.63) is 0 Å². The third-order valence-electron chi connectivity index (χ3n) is 5.66. The second-order valence-corrected chi connectivity index (χ2v) is 9.97. The molecule has 0 spiro atoms.